The van der Waals surface area contributed by atoms with Crippen molar-refractivity contribution in [3.63, 3.8) is 0 Å². The number of nitrogens with two attached hydrogens (primary N) is 1. The lowest BCUT2D eigenvalue weighted by Gasteiger charge is -2.36. The number of fused-ring (bicyclic) bond motifs is 1. The van der Waals surface area contributed by atoms with Gasteiger partial charge in [0, 0.05) is 50.0 Å². The SMILES string of the molecule is Nc1cccc2c1CCCN2CC(=O)N1CCC(C(=O)N2CCCCCC2)CC1. The second-order valence-corrected chi connectivity index (χ2v) is 8.76. The van der Waals surface area contributed by atoms with Crippen LogP contribution in [0.15, 0.2) is 18.2 Å². The van der Waals surface area contributed by atoms with Gasteiger partial charge in [0.2, 0.25) is 11.8 Å². The topological polar surface area (TPSA) is 69.9 Å². The van der Waals surface area contributed by atoms with Gasteiger partial charge in [-0.2, -0.15) is 0 Å². The number of rotatable bonds is 3. The van der Waals surface area contributed by atoms with Crippen LogP contribution in [0.5, 0.6) is 0 Å². The number of hydrogen-bond acceptors (Lipinski definition) is 4. The molecule has 0 aliphatic carbocycles. The van der Waals surface area contributed by atoms with Gasteiger partial charge in [0.25, 0.3) is 0 Å². The molecule has 3 heterocycles. The summed E-state index contributed by atoms with van der Waals surface area (Å²) in [5.74, 6) is 0.577. The Morgan fingerprint density at radius 2 is 1.62 bits per heavy atom. The lowest BCUT2D eigenvalue weighted by Crippen LogP contribution is -2.48. The lowest BCUT2D eigenvalue weighted by molar-refractivity contribution is -0.140. The molecule has 6 nitrogen and oxygen atoms in total. The predicted molar refractivity (Wildman–Crippen MR) is 116 cm³/mol. The molecule has 0 atom stereocenters. The van der Waals surface area contributed by atoms with Crippen LogP contribution in [0.2, 0.25) is 0 Å². The molecule has 1 aromatic carbocycles. The molecule has 2 fully saturated rings. The van der Waals surface area contributed by atoms with Crippen molar-refractivity contribution in [2.24, 2.45) is 5.92 Å². The monoisotopic (exact) mass is 398 g/mol. The van der Waals surface area contributed by atoms with Gasteiger partial charge in [-0.15, -0.1) is 0 Å². The third-order valence-corrected chi connectivity index (χ3v) is 6.82. The zero-order valence-corrected chi connectivity index (χ0v) is 17.4. The first-order chi connectivity index (χ1) is 14.1. The highest BCUT2D eigenvalue weighted by Crippen LogP contribution is 2.31. The summed E-state index contributed by atoms with van der Waals surface area (Å²) in [4.78, 5) is 32.0. The highest BCUT2D eigenvalue weighted by molar-refractivity contribution is 5.83. The van der Waals surface area contributed by atoms with E-state index in [2.05, 4.69) is 15.9 Å². The first kappa shape index (κ1) is 20.0. The van der Waals surface area contributed by atoms with Crippen LogP contribution in [-0.2, 0) is 16.0 Å². The number of nitrogens with zero attached hydrogens (tertiary/aromatic N) is 3. The Balaban J connectivity index is 1.31. The molecule has 2 amide bonds. The summed E-state index contributed by atoms with van der Waals surface area (Å²) in [5.41, 5.74) is 9.24. The van der Waals surface area contributed by atoms with E-state index >= 15 is 0 Å². The molecule has 3 aliphatic rings. The summed E-state index contributed by atoms with van der Waals surface area (Å²) in [5, 5.41) is 0. The Hall–Kier alpha value is -2.24. The number of hydrogen-bond donors (Lipinski definition) is 1. The molecule has 6 heteroatoms. The summed E-state index contributed by atoms with van der Waals surface area (Å²) in [6, 6.07) is 5.98. The van der Waals surface area contributed by atoms with E-state index in [9.17, 15) is 9.59 Å². The number of carbonyl (C=O) groups excluding carboxylic acids is 2. The molecule has 2 saturated heterocycles. The minimum Gasteiger partial charge on any atom is -0.398 e. The number of benzene rings is 1. The zero-order valence-electron chi connectivity index (χ0n) is 17.4. The van der Waals surface area contributed by atoms with Crippen molar-refractivity contribution in [3.05, 3.63) is 23.8 Å². The second kappa shape index (κ2) is 9.06. The van der Waals surface area contributed by atoms with E-state index in [1.165, 1.54) is 18.4 Å². The molecule has 3 aliphatic heterocycles. The molecule has 158 valence electrons. The molecule has 0 bridgehead atoms. The number of piperidine rings is 1. The maximum atomic E-state index is 12.9. The fourth-order valence-electron chi connectivity index (χ4n) is 5.08. The number of carbonyl (C=O) groups is 2. The average molecular weight is 399 g/mol. The summed E-state index contributed by atoms with van der Waals surface area (Å²) in [6.07, 6.45) is 8.34. The van der Waals surface area contributed by atoms with Crippen molar-refractivity contribution in [2.75, 3.05) is 49.9 Å². The minimum absolute atomic E-state index is 0.0904. The summed E-state index contributed by atoms with van der Waals surface area (Å²) >= 11 is 0. The van der Waals surface area contributed by atoms with Crippen LogP contribution in [0.25, 0.3) is 0 Å². The Morgan fingerprint density at radius 3 is 2.34 bits per heavy atom. The Morgan fingerprint density at radius 1 is 0.897 bits per heavy atom. The van der Waals surface area contributed by atoms with Crippen molar-refractivity contribution in [2.45, 2.75) is 51.4 Å². The molecule has 0 spiro atoms. The predicted octanol–water partition coefficient (Wildman–Crippen LogP) is 2.66. The van der Waals surface area contributed by atoms with Crippen LogP contribution in [0.1, 0.15) is 50.5 Å². The standard InChI is InChI=1S/C23H34N4O2/c24-20-8-5-9-21-19(20)7-6-14-27(21)17-22(28)25-15-10-18(11-16-25)23(29)26-12-3-1-2-4-13-26/h5,8-9,18H,1-4,6-7,10-17,24H2. The van der Waals surface area contributed by atoms with Gasteiger partial charge in [0.1, 0.15) is 0 Å². The van der Waals surface area contributed by atoms with Crippen LogP contribution in [0.3, 0.4) is 0 Å². The molecule has 0 aromatic heterocycles. The maximum Gasteiger partial charge on any atom is 0.242 e. The van der Waals surface area contributed by atoms with Gasteiger partial charge in [-0.1, -0.05) is 18.9 Å². The summed E-state index contributed by atoms with van der Waals surface area (Å²) < 4.78 is 0. The lowest BCUT2D eigenvalue weighted by atomic mass is 9.95. The van der Waals surface area contributed by atoms with Gasteiger partial charge in [-0.3, -0.25) is 9.59 Å². The van der Waals surface area contributed by atoms with E-state index in [0.29, 0.717) is 25.5 Å². The molecule has 2 N–H and O–H groups in total. The molecule has 29 heavy (non-hydrogen) atoms. The minimum atomic E-state index is 0.0904. The van der Waals surface area contributed by atoms with Crippen molar-refractivity contribution in [3.8, 4) is 0 Å². The third kappa shape index (κ3) is 4.51. The number of nitrogen functional groups attached to an aromatic ring is 1. The molecule has 0 radical (unpaired) electrons. The molecule has 4 rings (SSSR count). The largest absolute Gasteiger partial charge is 0.398 e. The number of likely N-dealkylation sites (tertiary alicyclic amines) is 2. The van der Waals surface area contributed by atoms with Crippen molar-refractivity contribution >= 4 is 23.2 Å². The summed E-state index contributed by atoms with van der Waals surface area (Å²) in [7, 11) is 0. The van der Waals surface area contributed by atoms with Crippen molar-refractivity contribution < 1.29 is 9.59 Å². The maximum absolute atomic E-state index is 12.9. The van der Waals surface area contributed by atoms with E-state index < -0.39 is 0 Å². The molecule has 0 unspecified atom stereocenters. The Kier molecular flexibility index (Phi) is 6.26. The van der Waals surface area contributed by atoms with Crippen molar-refractivity contribution in [1.82, 2.24) is 9.80 Å². The molecule has 1 aromatic rings. The quantitative estimate of drug-likeness (QED) is 0.795. The van der Waals surface area contributed by atoms with Crippen LogP contribution < -0.4 is 10.6 Å². The smallest absolute Gasteiger partial charge is 0.242 e. The van der Waals surface area contributed by atoms with Gasteiger partial charge in [-0.05, 0) is 56.2 Å². The Labute approximate surface area is 174 Å². The first-order valence-corrected chi connectivity index (χ1v) is 11.3. The fourth-order valence-corrected chi connectivity index (χ4v) is 5.08. The summed E-state index contributed by atoms with van der Waals surface area (Å²) in [6.45, 7) is 4.51. The van der Waals surface area contributed by atoms with Gasteiger partial charge in [0.15, 0.2) is 0 Å². The third-order valence-electron chi connectivity index (χ3n) is 6.82. The Bertz CT molecular complexity index is 734. The van der Waals surface area contributed by atoms with E-state index in [1.807, 2.05) is 17.0 Å². The molecular formula is C23H34N4O2. The van der Waals surface area contributed by atoms with Gasteiger partial charge in [-0.25, -0.2) is 0 Å². The highest BCUT2D eigenvalue weighted by Gasteiger charge is 2.31. The van der Waals surface area contributed by atoms with Crippen LogP contribution in [-0.4, -0.2) is 60.9 Å². The highest BCUT2D eigenvalue weighted by atomic mass is 16.2. The number of amides is 2. The van der Waals surface area contributed by atoms with Gasteiger partial charge < -0.3 is 20.4 Å². The molecule has 0 saturated carbocycles. The van der Waals surface area contributed by atoms with E-state index in [1.54, 1.807) is 0 Å². The second-order valence-electron chi connectivity index (χ2n) is 8.76. The van der Waals surface area contributed by atoms with E-state index in [0.717, 1.165) is 69.5 Å². The average Bonchev–Trinajstić information content (AvgIpc) is 3.04. The molecular weight excluding hydrogens is 364 g/mol. The fraction of sp³-hybridized carbons (Fsp3) is 0.652. The van der Waals surface area contributed by atoms with Crippen LogP contribution in [0, 0.1) is 5.92 Å². The van der Waals surface area contributed by atoms with Crippen molar-refractivity contribution in [1.29, 1.82) is 0 Å². The normalized spacial score (nSPS) is 20.9. The van der Waals surface area contributed by atoms with E-state index in [-0.39, 0.29) is 11.8 Å². The van der Waals surface area contributed by atoms with E-state index in [4.69, 9.17) is 5.73 Å². The first-order valence-electron chi connectivity index (χ1n) is 11.3. The zero-order chi connectivity index (χ0) is 20.2. The van der Waals surface area contributed by atoms with Crippen LogP contribution in [0.4, 0.5) is 11.4 Å². The van der Waals surface area contributed by atoms with Gasteiger partial charge >= 0.3 is 0 Å². The van der Waals surface area contributed by atoms with Gasteiger partial charge in [0.05, 0.1) is 6.54 Å². The number of anilines is 2. The van der Waals surface area contributed by atoms with Crippen LogP contribution >= 0.6 is 0 Å².